The van der Waals surface area contributed by atoms with Gasteiger partial charge in [-0.15, -0.1) is 0 Å². The maximum absolute atomic E-state index is 13.4. The quantitative estimate of drug-likeness (QED) is 0.570. The van der Waals surface area contributed by atoms with Crippen molar-refractivity contribution in [3.05, 3.63) is 35.9 Å². The average Bonchev–Trinajstić information content (AvgIpc) is 2.90. The molecule has 2 aliphatic rings. The molecule has 2 saturated heterocycles. The fourth-order valence-electron chi connectivity index (χ4n) is 3.96. The summed E-state index contributed by atoms with van der Waals surface area (Å²) in [5.41, 5.74) is 0.374. The number of hydrazine groups is 1. The predicted octanol–water partition coefficient (Wildman–Crippen LogP) is -0.0238. The fraction of sp³-hybridized carbons (Fsp3) is 0.455. The van der Waals surface area contributed by atoms with Crippen LogP contribution in [0.2, 0.25) is 0 Å². The number of amides is 4. The lowest BCUT2D eigenvalue weighted by molar-refractivity contribution is -0.176. The van der Waals surface area contributed by atoms with Gasteiger partial charge < -0.3 is 15.4 Å². The van der Waals surface area contributed by atoms with Crippen molar-refractivity contribution in [2.45, 2.75) is 57.2 Å². The number of rotatable bonds is 7. The van der Waals surface area contributed by atoms with Gasteiger partial charge in [-0.3, -0.25) is 29.0 Å². The van der Waals surface area contributed by atoms with Crippen LogP contribution in [0.1, 0.15) is 49.4 Å². The van der Waals surface area contributed by atoms with Gasteiger partial charge >= 0.3 is 0 Å². The van der Waals surface area contributed by atoms with Crippen molar-refractivity contribution in [3.8, 4) is 0 Å². The number of fused-ring (bicyclic) bond motifs is 1. The summed E-state index contributed by atoms with van der Waals surface area (Å²) in [4.78, 5) is 74.1. The number of ketones is 1. The molecule has 4 amide bonds. The van der Waals surface area contributed by atoms with E-state index in [1.165, 1.54) is 11.9 Å². The largest absolute Gasteiger partial charge is 0.344 e. The monoisotopic (exact) mass is 442 g/mol. The highest BCUT2D eigenvalue weighted by atomic mass is 16.2. The molecule has 0 aromatic heterocycles. The van der Waals surface area contributed by atoms with Gasteiger partial charge in [-0.1, -0.05) is 18.2 Å². The van der Waals surface area contributed by atoms with E-state index in [9.17, 15) is 28.8 Å². The number of aldehydes is 1. The maximum Gasteiger partial charge on any atom is 0.264 e. The van der Waals surface area contributed by atoms with Gasteiger partial charge in [0.15, 0.2) is 0 Å². The molecule has 170 valence electrons. The molecule has 2 aliphatic heterocycles. The normalized spacial score (nSPS) is 21.8. The zero-order valence-electron chi connectivity index (χ0n) is 17.8. The van der Waals surface area contributed by atoms with E-state index in [1.807, 2.05) is 0 Å². The highest BCUT2D eigenvalue weighted by molar-refractivity contribution is 6.00. The second-order valence-corrected chi connectivity index (χ2v) is 7.95. The van der Waals surface area contributed by atoms with E-state index in [0.717, 1.165) is 5.01 Å². The molecule has 3 atom stereocenters. The number of carbonyl (C=O) groups is 6. The third kappa shape index (κ3) is 5.19. The van der Waals surface area contributed by atoms with E-state index in [4.69, 9.17) is 0 Å². The summed E-state index contributed by atoms with van der Waals surface area (Å²) < 4.78 is 0. The molecular weight excluding hydrogens is 416 g/mol. The number of nitrogens with one attached hydrogen (secondary N) is 2. The number of hydrogen-bond acceptors (Lipinski definition) is 6. The van der Waals surface area contributed by atoms with Crippen molar-refractivity contribution in [2.24, 2.45) is 0 Å². The molecular formula is C22H26N4O6. The second-order valence-electron chi connectivity index (χ2n) is 7.95. The Morgan fingerprint density at radius 1 is 1.16 bits per heavy atom. The van der Waals surface area contributed by atoms with E-state index in [-0.39, 0.29) is 43.9 Å². The van der Waals surface area contributed by atoms with Crippen LogP contribution in [0.3, 0.4) is 0 Å². The summed E-state index contributed by atoms with van der Waals surface area (Å²) in [6.45, 7) is 1.58. The first-order chi connectivity index (χ1) is 15.3. The van der Waals surface area contributed by atoms with Crippen LogP contribution in [0.5, 0.6) is 0 Å². The molecule has 32 heavy (non-hydrogen) atoms. The van der Waals surface area contributed by atoms with Crippen LogP contribution in [0.25, 0.3) is 0 Å². The van der Waals surface area contributed by atoms with Gasteiger partial charge in [0, 0.05) is 24.9 Å². The molecule has 0 radical (unpaired) electrons. The van der Waals surface area contributed by atoms with E-state index in [1.54, 1.807) is 30.3 Å². The van der Waals surface area contributed by atoms with E-state index >= 15 is 0 Å². The Bertz CT molecular complexity index is 918. The Kier molecular flexibility index (Phi) is 7.34. The van der Waals surface area contributed by atoms with Gasteiger partial charge in [0.2, 0.25) is 11.8 Å². The first-order valence-corrected chi connectivity index (χ1v) is 10.6. The van der Waals surface area contributed by atoms with Crippen LogP contribution in [0, 0.1) is 0 Å². The van der Waals surface area contributed by atoms with E-state index in [0.29, 0.717) is 18.3 Å². The van der Waals surface area contributed by atoms with Crippen molar-refractivity contribution < 1.29 is 28.8 Å². The molecule has 3 rings (SSSR count). The van der Waals surface area contributed by atoms with Gasteiger partial charge in [-0.25, -0.2) is 5.01 Å². The number of carbonyl (C=O) groups excluding carboxylic acids is 6. The van der Waals surface area contributed by atoms with Crippen molar-refractivity contribution in [1.29, 1.82) is 0 Å². The average molecular weight is 442 g/mol. The number of Topliss-reactive ketones (excluding diaryl/α,β-unsaturated/α-hetero) is 1. The van der Waals surface area contributed by atoms with Gasteiger partial charge in [-0.2, -0.15) is 0 Å². The summed E-state index contributed by atoms with van der Waals surface area (Å²) >= 11 is 0. The lowest BCUT2D eigenvalue weighted by Gasteiger charge is -2.43. The molecule has 1 aromatic carbocycles. The zero-order valence-corrected chi connectivity index (χ0v) is 17.8. The lowest BCUT2D eigenvalue weighted by atomic mass is 10.0. The van der Waals surface area contributed by atoms with Crippen LogP contribution in [0.4, 0.5) is 0 Å². The van der Waals surface area contributed by atoms with Gasteiger partial charge in [0.25, 0.3) is 11.8 Å². The summed E-state index contributed by atoms with van der Waals surface area (Å²) in [6, 6.07) is 5.36. The molecule has 2 heterocycles. The van der Waals surface area contributed by atoms with Gasteiger partial charge in [0.1, 0.15) is 24.2 Å². The van der Waals surface area contributed by atoms with Crippen LogP contribution >= 0.6 is 0 Å². The van der Waals surface area contributed by atoms with Crippen molar-refractivity contribution >= 4 is 35.7 Å². The van der Waals surface area contributed by atoms with E-state index < -0.39 is 35.8 Å². The highest BCUT2D eigenvalue weighted by Gasteiger charge is 2.44. The standard InChI is InChI=1S/C22H26N4O6/c1-14(28)12-16(13-27)23-21(31)18-8-5-11-25-19(29)10-9-17(22(32)26(18)25)24-20(30)15-6-3-2-4-7-15/h2-4,6-7,13,16-18H,5,8-12H2,1H3,(H,23,31)(H,24,30)/t16-,17-,18?/m0/s1. The van der Waals surface area contributed by atoms with Crippen molar-refractivity contribution in [2.75, 3.05) is 6.54 Å². The van der Waals surface area contributed by atoms with Crippen molar-refractivity contribution in [3.63, 3.8) is 0 Å². The Morgan fingerprint density at radius 2 is 1.88 bits per heavy atom. The molecule has 2 fully saturated rings. The SMILES string of the molecule is CC(=O)C[C@@H](C=O)NC(=O)C1CCCN2C(=O)CC[C@H](NC(=O)c3ccccc3)C(=O)N12. The number of nitrogens with zero attached hydrogens (tertiary/aromatic N) is 2. The van der Waals surface area contributed by atoms with E-state index in [2.05, 4.69) is 10.6 Å². The summed E-state index contributed by atoms with van der Waals surface area (Å²) in [5.74, 6) is -2.22. The molecule has 1 unspecified atom stereocenters. The minimum absolute atomic E-state index is 0.0393. The molecule has 2 N–H and O–H groups in total. The summed E-state index contributed by atoms with van der Waals surface area (Å²) in [6.07, 6.45) is 1.24. The fourth-order valence-corrected chi connectivity index (χ4v) is 3.96. The third-order valence-corrected chi connectivity index (χ3v) is 5.50. The molecule has 0 bridgehead atoms. The Morgan fingerprint density at radius 3 is 2.53 bits per heavy atom. The molecule has 0 spiro atoms. The van der Waals surface area contributed by atoms with Crippen LogP contribution < -0.4 is 10.6 Å². The number of hydrogen-bond donors (Lipinski definition) is 2. The minimum atomic E-state index is -1.02. The predicted molar refractivity (Wildman–Crippen MR) is 112 cm³/mol. The highest BCUT2D eigenvalue weighted by Crippen LogP contribution is 2.25. The van der Waals surface area contributed by atoms with Crippen molar-refractivity contribution in [1.82, 2.24) is 20.7 Å². The lowest BCUT2D eigenvalue weighted by Crippen LogP contribution is -2.64. The molecule has 10 heteroatoms. The first kappa shape index (κ1) is 23.1. The first-order valence-electron chi connectivity index (χ1n) is 10.6. The van der Waals surface area contributed by atoms with Gasteiger partial charge in [0.05, 0.1) is 6.04 Å². The number of benzene rings is 1. The molecule has 0 saturated carbocycles. The minimum Gasteiger partial charge on any atom is -0.344 e. The molecule has 0 aliphatic carbocycles. The Balaban J connectivity index is 1.81. The summed E-state index contributed by atoms with van der Waals surface area (Å²) in [5, 5.41) is 7.53. The zero-order chi connectivity index (χ0) is 23.3. The smallest absolute Gasteiger partial charge is 0.264 e. The third-order valence-electron chi connectivity index (χ3n) is 5.50. The molecule has 10 nitrogen and oxygen atoms in total. The maximum atomic E-state index is 13.4. The Hall–Kier alpha value is -3.56. The van der Waals surface area contributed by atoms with Crippen LogP contribution in [-0.4, -0.2) is 70.4 Å². The van der Waals surface area contributed by atoms with Crippen LogP contribution in [0.15, 0.2) is 30.3 Å². The topological polar surface area (TPSA) is 133 Å². The molecule has 1 aromatic rings. The second kappa shape index (κ2) is 10.2. The Labute approximate surface area is 185 Å². The van der Waals surface area contributed by atoms with Crippen LogP contribution in [-0.2, 0) is 24.0 Å². The van der Waals surface area contributed by atoms with Gasteiger partial charge in [-0.05, 0) is 38.3 Å². The summed E-state index contributed by atoms with van der Waals surface area (Å²) in [7, 11) is 0.